The van der Waals surface area contributed by atoms with Crippen molar-refractivity contribution in [3.05, 3.63) is 129 Å². The van der Waals surface area contributed by atoms with Crippen LogP contribution >= 0.6 is 0 Å². The summed E-state index contributed by atoms with van der Waals surface area (Å²) in [7, 11) is -1.24. The van der Waals surface area contributed by atoms with Gasteiger partial charge in [-0.2, -0.15) is 0 Å². The van der Waals surface area contributed by atoms with Crippen molar-refractivity contribution in [2.45, 2.75) is 65.5 Å². The van der Waals surface area contributed by atoms with Gasteiger partial charge in [0.25, 0.3) is 0 Å². The van der Waals surface area contributed by atoms with Crippen LogP contribution in [0.1, 0.15) is 42.4 Å². The molecular formula is C34H42SiTi. The molecule has 0 nitrogen and oxygen atoms in total. The molecule has 0 amide bonds. The van der Waals surface area contributed by atoms with Crippen LogP contribution in [-0.4, -0.2) is 8.07 Å². The standard InChI is InChI=1S/C13H21Si.3C7H7.Ti/c1-14(2,3)10-12-9-8-11-6-4-5-7-13(11)12;3*1-7-5-3-2-4-6-7;/h8,12H,4-7,10H2,1-3H3;3*2-6H,1H2;. The van der Waals surface area contributed by atoms with Crippen LogP contribution in [-0.2, 0) is 30.8 Å². The average molecular weight is 527 g/mol. The molecule has 5 rings (SSSR count). The Hall–Kier alpha value is -1.93. The Morgan fingerprint density at radius 2 is 1.08 bits per heavy atom. The molecule has 0 bridgehead atoms. The molecule has 2 aliphatic carbocycles. The molecule has 0 aliphatic heterocycles. The monoisotopic (exact) mass is 526 g/mol. The summed E-state index contributed by atoms with van der Waals surface area (Å²) in [5.41, 5.74) is 8.22. The molecule has 3 aromatic rings. The molecule has 0 fully saturated rings. The summed E-state index contributed by atoms with van der Waals surface area (Å²) in [4.78, 5) is 0. The third kappa shape index (κ3) is 6.13. The molecule has 0 saturated heterocycles. The van der Waals surface area contributed by atoms with Crippen molar-refractivity contribution < 1.29 is 16.6 Å². The van der Waals surface area contributed by atoms with E-state index in [1.165, 1.54) is 45.9 Å². The van der Waals surface area contributed by atoms with Gasteiger partial charge < -0.3 is 0 Å². The van der Waals surface area contributed by atoms with E-state index in [2.05, 4.69) is 117 Å². The van der Waals surface area contributed by atoms with Gasteiger partial charge in [0.2, 0.25) is 0 Å². The molecule has 2 heteroatoms. The molecule has 0 aromatic heterocycles. The summed E-state index contributed by atoms with van der Waals surface area (Å²) in [5.74, 6) is 0.711. The average Bonchev–Trinajstić information content (AvgIpc) is 3.23. The summed E-state index contributed by atoms with van der Waals surface area (Å²) in [5, 5.41) is 0. The van der Waals surface area contributed by atoms with E-state index in [1.807, 2.05) is 9.45 Å². The summed E-state index contributed by atoms with van der Waals surface area (Å²) < 4.78 is 5.76. The van der Waals surface area contributed by atoms with Crippen LogP contribution in [0.25, 0.3) is 0 Å². The van der Waals surface area contributed by atoms with Crippen molar-refractivity contribution in [2.24, 2.45) is 5.92 Å². The van der Waals surface area contributed by atoms with Crippen molar-refractivity contribution in [3.63, 3.8) is 0 Å². The second-order valence-electron chi connectivity index (χ2n) is 12.4. The van der Waals surface area contributed by atoms with Crippen LogP contribution in [0, 0.1) is 5.92 Å². The van der Waals surface area contributed by atoms with Crippen LogP contribution < -0.4 is 0 Å². The van der Waals surface area contributed by atoms with Gasteiger partial charge in [0.15, 0.2) is 0 Å². The molecule has 0 heterocycles. The van der Waals surface area contributed by atoms with Crippen LogP contribution in [0.5, 0.6) is 0 Å². The topological polar surface area (TPSA) is 0 Å². The van der Waals surface area contributed by atoms with E-state index in [-0.39, 0.29) is 0 Å². The van der Waals surface area contributed by atoms with Crippen molar-refractivity contribution in [3.8, 4) is 0 Å². The summed E-state index contributed by atoms with van der Waals surface area (Å²) in [6.45, 7) is 7.77. The van der Waals surface area contributed by atoms with Crippen LogP contribution in [0.3, 0.4) is 0 Å². The maximum absolute atomic E-state index is 2.80. The maximum atomic E-state index is 2.80. The molecule has 0 spiro atoms. The molecule has 0 radical (unpaired) electrons. The Balaban J connectivity index is 1.67. The number of benzene rings is 3. The van der Waals surface area contributed by atoms with Gasteiger partial charge in [0, 0.05) is 0 Å². The first-order valence-corrected chi connectivity index (χ1v) is 21.8. The van der Waals surface area contributed by atoms with Gasteiger partial charge >= 0.3 is 225 Å². The van der Waals surface area contributed by atoms with Crippen molar-refractivity contribution >= 4 is 8.07 Å². The third-order valence-electron chi connectivity index (χ3n) is 8.27. The summed E-state index contributed by atoms with van der Waals surface area (Å²) >= 11 is -2.71. The van der Waals surface area contributed by atoms with E-state index >= 15 is 0 Å². The predicted octanol–water partition coefficient (Wildman–Crippen LogP) is 9.46. The van der Waals surface area contributed by atoms with Gasteiger partial charge in [-0.3, -0.25) is 0 Å². The molecule has 1 atom stereocenters. The molecule has 2 aliphatic rings. The number of rotatable bonds is 9. The number of hydrogen-bond acceptors (Lipinski definition) is 0. The fourth-order valence-corrected chi connectivity index (χ4v) is 17.5. The van der Waals surface area contributed by atoms with Gasteiger partial charge in [0.1, 0.15) is 0 Å². The van der Waals surface area contributed by atoms with Gasteiger partial charge in [0.05, 0.1) is 0 Å². The molecule has 0 N–H and O–H groups in total. The first-order valence-electron chi connectivity index (χ1n) is 14.0. The predicted molar refractivity (Wildman–Crippen MR) is 156 cm³/mol. The zero-order chi connectivity index (χ0) is 25.0. The van der Waals surface area contributed by atoms with Gasteiger partial charge in [-0.25, -0.2) is 0 Å². The van der Waals surface area contributed by atoms with E-state index in [0.717, 1.165) is 0 Å². The van der Waals surface area contributed by atoms with Gasteiger partial charge in [-0.05, 0) is 0 Å². The normalized spacial score (nSPS) is 18.2. The zero-order valence-electron chi connectivity index (χ0n) is 22.5. The third-order valence-corrected chi connectivity index (χ3v) is 17.7. The fourth-order valence-electron chi connectivity index (χ4n) is 6.81. The Labute approximate surface area is 223 Å². The van der Waals surface area contributed by atoms with E-state index in [1.54, 1.807) is 22.3 Å². The first-order chi connectivity index (χ1) is 17.4. The summed E-state index contributed by atoms with van der Waals surface area (Å²) in [6.07, 6.45) is 8.21. The van der Waals surface area contributed by atoms with Crippen LogP contribution in [0.2, 0.25) is 25.7 Å². The van der Waals surface area contributed by atoms with E-state index < -0.39 is 24.7 Å². The fraction of sp³-hybridized carbons (Fsp3) is 0.353. The quantitative estimate of drug-likeness (QED) is 0.244. The Morgan fingerprint density at radius 1 is 0.639 bits per heavy atom. The molecule has 0 saturated carbocycles. The Morgan fingerprint density at radius 3 is 1.53 bits per heavy atom. The van der Waals surface area contributed by atoms with E-state index in [0.29, 0.717) is 5.92 Å². The number of allylic oxidation sites excluding steroid dienone is 4. The summed E-state index contributed by atoms with van der Waals surface area (Å²) in [6, 6.07) is 35.8. The van der Waals surface area contributed by atoms with Crippen LogP contribution in [0.15, 0.2) is 112 Å². The molecule has 3 aromatic carbocycles. The Kier molecular flexibility index (Phi) is 8.01. The molecule has 186 valence electrons. The second kappa shape index (κ2) is 11.2. The molecular weight excluding hydrogens is 484 g/mol. The van der Waals surface area contributed by atoms with E-state index in [9.17, 15) is 0 Å². The van der Waals surface area contributed by atoms with Crippen molar-refractivity contribution in [1.29, 1.82) is 0 Å². The number of hydrogen-bond donors (Lipinski definition) is 0. The second-order valence-corrected chi connectivity index (χ2v) is 24.5. The van der Waals surface area contributed by atoms with Gasteiger partial charge in [-0.15, -0.1) is 0 Å². The SMILES string of the molecule is C[Si](C)(C)CC1[C]([Ti]([CH2]c2ccccc2)([CH2]c2ccccc2)[CH2]c2ccccc2)=CC2=C1CCCC2. The zero-order valence-corrected chi connectivity index (χ0v) is 25.0. The minimum atomic E-state index is -2.71. The first kappa shape index (κ1) is 25.7. The van der Waals surface area contributed by atoms with Crippen molar-refractivity contribution in [1.82, 2.24) is 0 Å². The molecule has 1 unspecified atom stereocenters. The van der Waals surface area contributed by atoms with Gasteiger partial charge in [-0.1, -0.05) is 0 Å². The van der Waals surface area contributed by atoms with Crippen molar-refractivity contribution in [2.75, 3.05) is 0 Å². The van der Waals surface area contributed by atoms with E-state index in [4.69, 9.17) is 0 Å². The Bertz CT molecular complexity index is 1100. The molecule has 36 heavy (non-hydrogen) atoms. The van der Waals surface area contributed by atoms with Crippen LogP contribution in [0.4, 0.5) is 0 Å². The minimum absolute atomic E-state index is 0.711.